The van der Waals surface area contributed by atoms with Crippen molar-refractivity contribution in [2.45, 2.75) is 19.3 Å². The second kappa shape index (κ2) is 5.77. The maximum absolute atomic E-state index is 13.0. The first-order valence-corrected chi connectivity index (χ1v) is 6.20. The highest BCUT2D eigenvalue weighted by Crippen LogP contribution is 2.13. The Morgan fingerprint density at radius 2 is 2.21 bits per heavy atom. The van der Waals surface area contributed by atoms with Gasteiger partial charge in [-0.15, -0.1) is 0 Å². The minimum atomic E-state index is -0.279. The predicted molar refractivity (Wildman–Crippen MR) is 67.2 cm³/mol. The van der Waals surface area contributed by atoms with E-state index in [1.165, 1.54) is 17.2 Å². The van der Waals surface area contributed by atoms with Crippen LogP contribution >= 0.6 is 0 Å². The van der Waals surface area contributed by atoms with Crippen molar-refractivity contribution in [3.63, 3.8) is 0 Å². The molecule has 0 radical (unpaired) electrons. The van der Waals surface area contributed by atoms with Crippen LogP contribution in [0.3, 0.4) is 0 Å². The van der Waals surface area contributed by atoms with Gasteiger partial charge in [0.15, 0.2) is 5.78 Å². The van der Waals surface area contributed by atoms with Crippen LogP contribution in [0.25, 0.3) is 0 Å². The Kier molecular flexibility index (Phi) is 4.09. The van der Waals surface area contributed by atoms with Crippen molar-refractivity contribution in [2.24, 2.45) is 7.05 Å². The molecule has 6 heteroatoms. The van der Waals surface area contributed by atoms with E-state index in [0.717, 1.165) is 0 Å². The molecule has 0 N–H and O–H groups in total. The van der Waals surface area contributed by atoms with Crippen molar-refractivity contribution < 1.29 is 14.0 Å². The molecule has 0 unspecified atom stereocenters. The first-order valence-electron chi connectivity index (χ1n) is 6.20. The summed E-state index contributed by atoms with van der Waals surface area (Å²) < 4.78 is 14.6. The number of halogens is 1. The topological polar surface area (TPSA) is 55.2 Å². The number of aromatic nitrogens is 2. The second-order valence-electron chi connectivity index (χ2n) is 4.58. The summed E-state index contributed by atoms with van der Waals surface area (Å²) in [5, 5.41) is 3.91. The zero-order valence-electron chi connectivity index (χ0n) is 10.8. The Balaban J connectivity index is 1.83. The number of amides is 1. The van der Waals surface area contributed by atoms with E-state index in [1.807, 2.05) is 0 Å². The summed E-state index contributed by atoms with van der Waals surface area (Å²) in [5.74, 6) is -0.576. The van der Waals surface area contributed by atoms with Gasteiger partial charge in [0.05, 0.1) is 18.3 Å². The van der Waals surface area contributed by atoms with E-state index in [0.29, 0.717) is 18.5 Å². The minimum absolute atomic E-state index is 0.0277. The fraction of sp³-hybridized carbons (Fsp3) is 0.462. The summed E-state index contributed by atoms with van der Waals surface area (Å²) in [4.78, 5) is 25.1. The van der Waals surface area contributed by atoms with Crippen LogP contribution in [0, 0.1) is 0 Å². The van der Waals surface area contributed by atoms with Gasteiger partial charge in [-0.3, -0.25) is 14.3 Å². The van der Waals surface area contributed by atoms with Crippen LogP contribution in [-0.4, -0.2) is 39.5 Å². The Labute approximate surface area is 110 Å². The number of Topliss-reactive ketones (excluding diaryl/α,β-unsaturated/α-hetero) is 1. The second-order valence-corrected chi connectivity index (χ2v) is 4.58. The SMILES string of the molecule is Cn1cc(C(=O)CCC(=O)N2CCC=C(F)C2)cn1. The van der Waals surface area contributed by atoms with Crippen LogP contribution in [0.4, 0.5) is 4.39 Å². The van der Waals surface area contributed by atoms with Gasteiger partial charge < -0.3 is 4.90 Å². The molecule has 0 aliphatic carbocycles. The van der Waals surface area contributed by atoms with Crippen LogP contribution in [-0.2, 0) is 11.8 Å². The lowest BCUT2D eigenvalue weighted by Gasteiger charge is -2.24. The molecule has 19 heavy (non-hydrogen) atoms. The number of hydrogen-bond acceptors (Lipinski definition) is 3. The van der Waals surface area contributed by atoms with Gasteiger partial charge in [-0.05, 0) is 12.5 Å². The van der Waals surface area contributed by atoms with E-state index < -0.39 is 0 Å². The molecule has 1 aliphatic heterocycles. The third-order valence-corrected chi connectivity index (χ3v) is 3.05. The molecule has 0 saturated carbocycles. The Morgan fingerprint density at radius 1 is 1.42 bits per heavy atom. The standard InChI is InChI=1S/C13H16FN3O2/c1-16-8-10(7-15-16)12(18)4-5-13(19)17-6-2-3-11(14)9-17/h3,7-8H,2,4-6,9H2,1H3. The smallest absolute Gasteiger partial charge is 0.223 e. The van der Waals surface area contributed by atoms with Gasteiger partial charge in [0.2, 0.25) is 5.91 Å². The lowest BCUT2D eigenvalue weighted by atomic mass is 10.1. The largest absolute Gasteiger partial charge is 0.336 e. The predicted octanol–water partition coefficient (Wildman–Crippen LogP) is 1.47. The van der Waals surface area contributed by atoms with Gasteiger partial charge in [0.1, 0.15) is 5.83 Å². The zero-order chi connectivity index (χ0) is 13.8. The van der Waals surface area contributed by atoms with Crippen molar-refractivity contribution >= 4 is 11.7 Å². The van der Waals surface area contributed by atoms with Gasteiger partial charge in [-0.2, -0.15) is 5.10 Å². The van der Waals surface area contributed by atoms with Crippen molar-refractivity contribution in [3.05, 3.63) is 29.9 Å². The molecule has 1 aromatic heterocycles. The highest BCUT2D eigenvalue weighted by Gasteiger charge is 2.19. The number of rotatable bonds is 4. The van der Waals surface area contributed by atoms with Gasteiger partial charge in [0, 0.05) is 32.6 Å². The molecule has 1 aromatic rings. The molecule has 1 amide bonds. The Morgan fingerprint density at radius 3 is 2.84 bits per heavy atom. The minimum Gasteiger partial charge on any atom is -0.336 e. The highest BCUT2D eigenvalue weighted by molar-refractivity contribution is 5.97. The molecular formula is C13H16FN3O2. The van der Waals surface area contributed by atoms with Crippen LogP contribution in [0.5, 0.6) is 0 Å². The fourth-order valence-corrected chi connectivity index (χ4v) is 2.00. The van der Waals surface area contributed by atoms with Crippen LogP contribution in [0.1, 0.15) is 29.6 Å². The Bertz CT molecular complexity index is 522. The molecule has 1 aliphatic rings. The lowest BCUT2D eigenvalue weighted by Crippen LogP contribution is -2.35. The Hall–Kier alpha value is -1.98. The van der Waals surface area contributed by atoms with Crippen molar-refractivity contribution in [1.29, 1.82) is 0 Å². The fourth-order valence-electron chi connectivity index (χ4n) is 2.00. The summed E-state index contributed by atoms with van der Waals surface area (Å²) in [6.07, 6.45) is 5.37. The summed E-state index contributed by atoms with van der Waals surface area (Å²) in [5.41, 5.74) is 0.500. The molecule has 2 rings (SSSR count). The number of aryl methyl sites for hydroxylation is 1. The van der Waals surface area contributed by atoms with Crippen molar-refractivity contribution in [1.82, 2.24) is 14.7 Å². The highest BCUT2D eigenvalue weighted by atomic mass is 19.1. The maximum atomic E-state index is 13.0. The normalized spacial score (nSPS) is 15.3. The van der Waals surface area contributed by atoms with Crippen molar-refractivity contribution in [3.8, 4) is 0 Å². The van der Waals surface area contributed by atoms with Gasteiger partial charge in [-0.25, -0.2) is 4.39 Å². The molecule has 0 fully saturated rings. The summed E-state index contributed by atoms with van der Waals surface area (Å²) >= 11 is 0. The molecule has 102 valence electrons. The quantitative estimate of drug-likeness (QED) is 0.775. The van der Waals surface area contributed by atoms with Crippen LogP contribution in [0.2, 0.25) is 0 Å². The monoisotopic (exact) mass is 265 g/mol. The molecule has 0 atom stereocenters. The third kappa shape index (κ3) is 3.49. The number of nitrogens with zero attached hydrogens (tertiary/aromatic N) is 3. The molecule has 0 saturated heterocycles. The first-order chi connectivity index (χ1) is 9.06. The van der Waals surface area contributed by atoms with Gasteiger partial charge in [0.25, 0.3) is 0 Å². The molecule has 5 nitrogen and oxygen atoms in total. The number of ketones is 1. The first kappa shape index (κ1) is 13.5. The third-order valence-electron chi connectivity index (χ3n) is 3.05. The van der Waals surface area contributed by atoms with E-state index in [4.69, 9.17) is 0 Å². The van der Waals surface area contributed by atoms with E-state index in [2.05, 4.69) is 5.10 Å². The number of hydrogen-bond donors (Lipinski definition) is 0. The van der Waals surface area contributed by atoms with Crippen LogP contribution < -0.4 is 0 Å². The van der Waals surface area contributed by atoms with E-state index in [1.54, 1.807) is 17.9 Å². The molecule has 0 spiro atoms. The summed E-state index contributed by atoms with van der Waals surface area (Å²) in [6, 6.07) is 0. The average molecular weight is 265 g/mol. The van der Waals surface area contributed by atoms with E-state index in [9.17, 15) is 14.0 Å². The zero-order valence-corrected chi connectivity index (χ0v) is 10.8. The van der Waals surface area contributed by atoms with Gasteiger partial charge in [-0.1, -0.05) is 0 Å². The average Bonchev–Trinajstić information content (AvgIpc) is 2.82. The molecular weight excluding hydrogens is 249 g/mol. The number of carbonyl (C=O) groups is 2. The summed E-state index contributed by atoms with van der Waals surface area (Å²) in [6.45, 7) is 0.549. The summed E-state index contributed by atoms with van der Waals surface area (Å²) in [7, 11) is 1.73. The maximum Gasteiger partial charge on any atom is 0.223 e. The molecule has 0 aromatic carbocycles. The van der Waals surface area contributed by atoms with Gasteiger partial charge >= 0.3 is 0 Å². The molecule has 2 heterocycles. The lowest BCUT2D eigenvalue weighted by molar-refractivity contribution is -0.131. The molecule has 0 bridgehead atoms. The van der Waals surface area contributed by atoms with E-state index in [-0.39, 0.29) is 36.9 Å². The van der Waals surface area contributed by atoms with Crippen molar-refractivity contribution in [2.75, 3.05) is 13.1 Å². The van der Waals surface area contributed by atoms with Crippen LogP contribution in [0.15, 0.2) is 24.3 Å². The van der Waals surface area contributed by atoms with E-state index >= 15 is 0 Å². The number of carbonyl (C=O) groups excluding carboxylic acids is 2.